The molecular weight excluding hydrogens is 300 g/mol. The van der Waals surface area contributed by atoms with E-state index in [4.69, 9.17) is 0 Å². The molecule has 0 spiro atoms. The maximum Gasteiger partial charge on any atom is 0.0350 e. The Balaban J connectivity index is 1.67. The smallest absolute Gasteiger partial charge is 0.0350 e. The van der Waals surface area contributed by atoms with E-state index in [1.807, 2.05) is 30.3 Å². The lowest BCUT2D eigenvalue weighted by molar-refractivity contribution is 1.32. The maximum absolute atomic E-state index is 3.32. The van der Waals surface area contributed by atoms with Crippen LogP contribution in [-0.2, 0) is 6.42 Å². The molecule has 0 saturated carbocycles. The molecule has 0 nitrogen and oxygen atoms in total. The molecule has 0 aliphatic heterocycles. The number of fused-ring (bicyclic) bond motifs is 1. The summed E-state index contributed by atoms with van der Waals surface area (Å²) in [5.41, 5.74) is 4.83. The molecule has 0 amide bonds. The molecule has 0 radical (unpaired) electrons. The largest absolute Gasteiger partial charge is 0.0931 e. The molecule has 0 aliphatic rings. The molecule has 0 fully saturated rings. The highest BCUT2D eigenvalue weighted by Crippen LogP contribution is 2.27. The van der Waals surface area contributed by atoms with E-state index in [1.165, 1.54) is 27.5 Å². The summed E-state index contributed by atoms with van der Waals surface area (Å²) in [7, 11) is 0. The zero-order chi connectivity index (χ0) is 16.9. The van der Waals surface area contributed by atoms with Crippen molar-refractivity contribution in [2.75, 3.05) is 0 Å². The molecule has 0 saturated heterocycles. The first-order valence-electron chi connectivity index (χ1n) is 8.51. The van der Waals surface area contributed by atoms with Gasteiger partial charge in [-0.3, -0.25) is 0 Å². The summed E-state index contributed by atoms with van der Waals surface area (Å²) in [5.74, 6) is 6.57. The Morgan fingerprint density at radius 1 is 0.600 bits per heavy atom. The van der Waals surface area contributed by atoms with Crippen molar-refractivity contribution in [1.29, 1.82) is 0 Å². The third-order valence-corrected chi connectivity index (χ3v) is 4.36. The normalized spacial score (nSPS) is 10.2. The number of benzene rings is 4. The van der Waals surface area contributed by atoms with Crippen molar-refractivity contribution in [3.63, 3.8) is 0 Å². The minimum atomic E-state index is 0.748. The van der Waals surface area contributed by atoms with Crippen molar-refractivity contribution in [2.24, 2.45) is 0 Å². The van der Waals surface area contributed by atoms with E-state index in [0.29, 0.717) is 0 Å². The highest BCUT2D eigenvalue weighted by atomic mass is 14.1. The fourth-order valence-corrected chi connectivity index (χ4v) is 3.08. The molecule has 25 heavy (non-hydrogen) atoms. The van der Waals surface area contributed by atoms with Crippen LogP contribution < -0.4 is 0 Å². The van der Waals surface area contributed by atoms with E-state index >= 15 is 0 Å². The van der Waals surface area contributed by atoms with Gasteiger partial charge in [0.15, 0.2) is 0 Å². The Hall–Kier alpha value is -3.30. The highest BCUT2D eigenvalue weighted by molar-refractivity contribution is 5.87. The second kappa shape index (κ2) is 7.07. The van der Waals surface area contributed by atoms with Gasteiger partial charge in [0.2, 0.25) is 0 Å². The minimum absolute atomic E-state index is 0.748. The summed E-state index contributed by atoms with van der Waals surface area (Å²) in [6.07, 6.45) is 0.748. The molecule has 0 atom stereocenters. The predicted octanol–water partition coefficient (Wildman–Crippen LogP) is 6.10. The third-order valence-electron chi connectivity index (χ3n) is 4.36. The van der Waals surface area contributed by atoms with E-state index in [0.717, 1.165) is 12.0 Å². The van der Waals surface area contributed by atoms with Gasteiger partial charge in [0.05, 0.1) is 0 Å². The maximum atomic E-state index is 3.32. The Labute approximate surface area is 148 Å². The topological polar surface area (TPSA) is 0 Å². The van der Waals surface area contributed by atoms with E-state index in [2.05, 4.69) is 78.6 Å². The molecule has 0 heterocycles. The first kappa shape index (κ1) is 15.2. The van der Waals surface area contributed by atoms with Crippen LogP contribution in [0.1, 0.15) is 11.1 Å². The second-order valence-corrected chi connectivity index (χ2v) is 6.06. The average Bonchev–Trinajstić information content (AvgIpc) is 2.69. The van der Waals surface area contributed by atoms with Gasteiger partial charge in [0, 0.05) is 12.0 Å². The third kappa shape index (κ3) is 3.47. The van der Waals surface area contributed by atoms with Crippen LogP contribution in [0.5, 0.6) is 0 Å². The fourth-order valence-electron chi connectivity index (χ4n) is 3.08. The lowest BCUT2D eigenvalue weighted by Crippen LogP contribution is -1.88. The van der Waals surface area contributed by atoms with Crippen LogP contribution in [0, 0.1) is 11.8 Å². The molecule has 0 heteroatoms. The molecule has 0 aromatic heterocycles. The lowest BCUT2D eigenvalue weighted by Gasteiger charge is -2.08. The van der Waals surface area contributed by atoms with Crippen LogP contribution in [-0.4, -0.2) is 0 Å². The van der Waals surface area contributed by atoms with Crippen molar-refractivity contribution in [3.8, 4) is 23.0 Å². The zero-order valence-electron chi connectivity index (χ0n) is 13.9. The van der Waals surface area contributed by atoms with Crippen molar-refractivity contribution in [2.45, 2.75) is 6.42 Å². The Morgan fingerprint density at radius 3 is 2.20 bits per heavy atom. The molecule has 4 rings (SSSR count). The molecule has 4 aromatic rings. The number of rotatable bonds is 2. The van der Waals surface area contributed by atoms with E-state index in [1.54, 1.807) is 0 Å². The summed E-state index contributed by atoms with van der Waals surface area (Å²) in [6.45, 7) is 0. The van der Waals surface area contributed by atoms with Gasteiger partial charge in [-0.1, -0.05) is 90.7 Å². The average molecular weight is 318 g/mol. The lowest BCUT2D eigenvalue weighted by atomic mass is 9.96. The first-order valence-corrected chi connectivity index (χ1v) is 8.51. The highest BCUT2D eigenvalue weighted by Gasteiger charge is 2.04. The van der Waals surface area contributed by atoms with Gasteiger partial charge in [-0.05, 0) is 45.7 Å². The van der Waals surface area contributed by atoms with Gasteiger partial charge in [-0.25, -0.2) is 0 Å². The summed E-state index contributed by atoms with van der Waals surface area (Å²) in [5, 5.41) is 2.54. The van der Waals surface area contributed by atoms with Crippen molar-refractivity contribution in [3.05, 3.63) is 108 Å². The minimum Gasteiger partial charge on any atom is -0.0931 e. The van der Waals surface area contributed by atoms with Crippen LogP contribution in [0.15, 0.2) is 97.1 Å². The van der Waals surface area contributed by atoms with Gasteiger partial charge < -0.3 is 0 Å². The Morgan fingerprint density at radius 2 is 1.32 bits per heavy atom. The zero-order valence-corrected chi connectivity index (χ0v) is 13.9. The summed E-state index contributed by atoms with van der Waals surface area (Å²) < 4.78 is 0. The molecule has 0 N–H and O–H groups in total. The number of hydrogen-bond donors (Lipinski definition) is 0. The van der Waals surface area contributed by atoms with E-state index in [-0.39, 0.29) is 0 Å². The molecule has 4 aromatic carbocycles. The van der Waals surface area contributed by atoms with Crippen LogP contribution >= 0.6 is 0 Å². The summed E-state index contributed by atoms with van der Waals surface area (Å²) in [4.78, 5) is 0. The monoisotopic (exact) mass is 318 g/mol. The van der Waals surface area contributed by atoms with Crippen LogP contribution in [0.25, 0.3) is 21.9 Å². The van der Waals surface area contributed by atoms with Crippen LogP contribution in [0.4, 0.5) is 0 Å². The van der Waals surface area contributed by atoms with Crippen molar-refractivity contribution < 1.29 is 0 Å². The summed E-state index contributed by atoms with van der Waals surface area (Å²) in [6, 6.07) is 33.8. The Bertz CT molecular complexity index is 1060. The Kier molecular flexibility index (Phi) is 4.31. The van der Waals surface area contributed by atoms with Crippen LogP contribution in [0.2, 0.25) is 0 Å². The SMILES string of the molecule is C(#Cc1ccccc1)Cc1ccccc1-c1ccc2ccccc2c1. The van der Waals surface area contributed by atoms with Crippen molar-refractivity contribution in [1.82, 2.24) is 0 Å². The van der Waals surface area contributed by atoms with Crippen molar-refractivity contribution >= 4 is 10.8 Å². The van der Waals surface area contributed by atoms with Crippen LogP contribution in [0.3, 0.4) is 0 Å². The molecule has 0 aliphatic carbocycles. The predicted molar refractivity (Wildman–Crippen MR) is 106 cm³/mol. The summed E-state index contributed by atoms with van der Waals surface area (Å²) >= 11 is 0. The molecule has 0 unspecified atom stereocenters. The van der Waals surface area contributed by atoms with Gasteiger partial charge in [0.25, 0.3) is 0 Å². The standard InChI is InChI=1S/C25H18/c1-2-9-20(10-3-1)11-8-15-22-13-6-7-16-25(22)24-18-17-21-12-4-5-14-23(21)19-24/h1-7,9-10,12-14,16-19H,15H2. The van der Waals surface area contributed by atoms with E-state index < -0.39 is 0 Å². The quantitative estimate of drug-likeness (QED) is 0.392. The van der Waals surface area contributed by atoms with E-state index in [9.17, 15) is 0 Å². The number of hydrogen-bond acceptors (Lipinski definition) is 0. The van der Waals surface area contributed by atoms with Gasteiger partial charge in [0.1, 0.15) is 0 Å². The first-order chi connectivity index (χ1) is 12.4. The molecule has 118 valence electrons. The second-order valence-electron chi connectivity index (χ2n) is 6.06. The van der Waals surface area contributed by atoms with Gasteiger partial charge >= 0.3 is 0 Å². The fraction of sp³-hybridized carbons (Fsp3) is 0.0400. The molecular formula is C25H18. The molecule has 0 bridgehead atoms. The van der Waals surface area contributed by atoms with Gasteiger partial charge in [-0.15, -0.1) is 0 Å². The van der Waals surface area contributed by atoms with Gasteiger partial charge in [-0.2, -0.15) is 0 Å².